The predicted molar refractivity (Wildman–Crippen MR) is 103 cm³/mol. The second kappa shape index (κ2) is 9.26. The molecule has 0 spiro atoms. The molecule has 1 amide bonds. The molecule has 0 atom stereocenters. The van der Waals surface area contributed by atoms with Crippen LogP contribution in [-0.2, 0) is 12.0 Å². The summed E-state index contributed by atoms with van der Waals surface area (Å²) in [5.41, 5.74) is 0.231. The lowest BCUT2D eigenvalue weighted by Gasteiger charge is -2.23. The average Bonchev–Trinajstić information content (AvgIpc) is 2.66. The van der Waals surface area contributed by atoms with Gasteiger partial charge in [0.15, 0.2) is 6.61 Å². The molecule has 1 aromatic heterocycles. The van der Waals surface area contributed by atoms with E-state index in [9.17, 15) is 23.1 Å². The molecule has 0 aliphatic heterocycles. The first-order valence-corrected chi connectivity index (χ1v) is 9.28. The molecule has 158 valence electrons. The first-order valence-electron chi connectivity index (χ1n) is 9.28. The SMILES string of the molecule is CCN(CCc1cccc(C(C)(C)O)n1)C(=O)c1ccccc1OCC(F)(F)F. The van der Waals surface area contributed by atoms with Gasteiger partial charge in [0.05, 0.1) is 11.3 Å². The molecule has 1 heterocycles. The minimum atomic E-state index is -4.49. The Hall–Kier alpha value is -2.61. The molecule has 0 radical (unpaired) electrons. The predicted octanol–water partition coefficient (Wildman–Crippen LogP) is 3.95. The van der Waals surface area contributed by atoms with Crippen LogP contribution >= 0.6 is 0 Å². The Morgan fingerprint density at radius 3 is 2.45 bits per heavy atom. The zero-order valence-corrected chi connectivity index (χ0v) is 16.7. The molecule has 2 aromatic rings. The van der Waals surface area contributed by atoms with Crippen LogP contribution in [0.4, 0.5) is 13.2 Å². The van der Waals surface area contributed by atoms with Gasteiger partial charge in [0.1, 0.15) is 11.4 Å². The molecule has 0 saturated carbocycles. The molecular formula is C21H25F3N2O3. The summed E-state index contributed by atoms with van der Waals surface area (Å²) < 4.78 is 42.3. The highest BCUT2D eigenvalue weighted by Gasteiger charge is 2.29. The van der Waals surface area contributed by atoms with Crippen LogP contribution < -0.4 is 4.74 Å². The second-order valence-corrected chi connectivity index (χ2v) is 7.11. The third kappa shape index (κ3) is 6.74. The molecule has 0 unspecified atom stereocenters. The van der Waals surface area contributed by atoms with Gasteiger partial charge in [0.25, 0.3) is 5.91 Å². The van der Waals surface area contributed by atoms with Crippen LogP contribution in [-0.4, -0.2) is 46.8 Å². The second-order valence-electron chi connectivity index (χ2n) is 7.11. The molecular weight excluding hydrogens is 385 g/mol. The number of carbonyl (C=O) groups is 1. The number of ether oxygens (including phenoxy) is 1. The summed E-state index contributed by atoms with van der Waals surface area (Å²) in [6.45, 7) is 4.30. The lowest BCUT2D eigenvalue weighted by Crippen LogP contribution is -2.33. The zero-order valence-electron chi connectivity index (χ0n) is 16.7. The first kappa shape index (κ1) is 22.7. The standard InChI is InChI=1S/C21H25F3N2O3/c1-4-26(13-12-15-8-7-11-18(25-15)20(2,3)28)19(27)16-9-5-6-10-17(16)29-14-21(22,23)24/h5-11,28H,4,12-14H2,1-3H3. The highest BCUT2D eigenvalue weighted by molar-refractivity contribution is 5.96. The third-order valence-corrected chi connectivity index (χ3v) is 4.25. The van der Waals surface area contributed by atoms with Crippen molar-refractivity contribution in [2.45, 2.75) is 39.0 Å². The van der Waals surface area contributed by atoms with E-state index in [1.807, 2.05) is 0 Å². The maximum absolute atomic E-state index is 12.9. The molecule has 1 N–H and O–H groups in total. The number of amides is 1. The fraction of sp³-hybridized carbons (Fsp3) is 0.429. The van der Waals surface area contributed by atoms with E-state index >= 15 is 0 Å². The topological polar surface area (TPSA) is 62.7 Å². The summed E-state index contributed by atoms with van der Waals surface area (Å²) in [5, 5.41) is 10.1. The minimum absolute atomic E-state index is 0.0804. The van der Waals surface area contributed by atoms with Crippen molar-refractivity contribution in [3.05, 3.63) is 59.4 Å². The van der Waals surface area contributed by atoms with Gasteiger partial charge < -0.3 is 14.7 Å². The molecule has 2 rings (SSSR count). The Balaban J connectivity index is 2.12. The molecule has 0 bridgehead atoms. The van der Waals surface area contributed by atoms with Gasteiger partial charge in [-0.25, -0.2) is 0 Å². The molecule has 5 nitrogen and oxygen atoms in total. The maximum atomic E-state index is 12.9. The van der Waals surface area contributed by atoms with Gasteiger partial charge in [-0.3, -0.25) is 9.78 Å². The summed E-state index contributed by atoms with van der Waals surface area (Å²) in [5.74, 6) is -0.514. The molecule has 0 aliphatic carbocycles. The number of alkyl halides is 3. The van der Waals surface area contributed by atoms with E-state index in [4.69, 9.17) is 4.74 Å². The summed E-state index contributed by atoms with van der Waals surface area (Å²) in [6.07, 6.45) is -4.05. The van der Waals surface area contributed by atoms with Gasteiger partial charge in [-0.15, -0.1) is 0 Å². The number of aromatic nitrogens is 1. The lowest BCUT2D eigenvalue weighted by molar-refractivity contribution is -0.153. The van der Waals surface area contributed by atoms with Crippen molar-refractivity contribution in [1.29, 1.82) is 0 Å². The number of hydrogen-bond acceptors (Lipinski definition) is 4. The highest BCUT2D eigenvalue weighted by Crippen LogP contribution is 2.24. The lowest BCUT2D eigenvalue weighted by atomic mass is 10.0. The maximum Gasteiger partial charge on any atom is 0.422 e. The van der Waals surface area contributed by atoms with Crippen LogP contribution in [0, 0.1) is 0 Å². The van der Waals surface area contributed by atoms with Gasteiger partial charge in [-0.2, -0.15) is 13.2 Å². The number of nitrogens with zero attached hydrogens (tertiary/aromatic N) is 2. The van der Waals surface area contributed by atoms with Gasteiger partial charge in [-0.1, -0.05) is 18.2 Å². The van der Waals surface area contributed by atoms with E-state index in [2.05, 4.69) is 4.98 Å². The molecule has 8 heteroatoms. The van der Waals surface area contributed by atoms with E-state index in [1.165, 1.54) is 23.1 Å². The van der Waals surface area contributed by atoms with Crippen molar-refractivity contribution in [3.63, 3.8) is 0 Å². The normalized spacial score (nSPS) is 12.0. The summed E-state index contributed by atoms with van der Waals surface area (Å²) >= 11 is 0. The van der Waals surface area contributed by atoms with Gasteiger partial charge in [-0.05, 0) is 45.0 Å². The van der Waals surface area contributed by atoms with E-state index in [0.29, 0.717) is 30.9 Å². The van der Waals surface area contributed by atoms with Crippen molar-refractivity contribution < 1.29 is 27.8 Å². The van der Waals surface area contributed by atoms with Crippen LogP contribution in [0.2, 0.25) is 0 Å². The van der Waals surface area contributed by atoms with Crippen molar-refractivity contribution in [2.75, 3.05) is 19.7 Å². The van der Waals surface area contributed by atoms with E-state index in [1.54, 1.807) is 45.0 Å². The highest BCUT2D eigenvalue weighted by atomic mass is 19.4. The molecule has 29 heavy (non-hydrogen) atoms. The largest absolute Gasteiger partial charge is 0.483 e. The Morgan fingerprint density at radius 2 is 1.83 bits per heavy atom. The molecule has 0 aliphatic rings. The number of hydrogen-bond donors (Lipinski definition) is 1. The van der Waals surface area contributed by atoms with Crippen LogP contribution in [0.15, 0.2) is 42.5 Å². The van der Waals surface area contributed by atoms with Crippen molar-refractivity contribution in [3.8, 4) is 5.75 Å². The van der Waals surface area contributed by atoms with Crippen molar-refractivity contribution >= 4 is 5.91 Å². The van der Waals surface area contributed by atoms with Gasteiger partial charge in [0.2, 0.25) is 0 Å². The summed E-state index contributed by atoms with van der Waals surface area (Å²) in [6, 6.07) is 11.2. The number of aliphatic hydroxyl groups is 1. The Kier molecular flexibility index (Phi) is 7.24. The van der Waals surface area contributed by atoms with Crippen molar-refractivity contribution in [1.82, 2.24) is 9.88 Å². The number of rotatable bonds is 8. The monoisotopic (exact) mass is 410 g/mol. The fourth-order valence-corrected chi connectivity index (χ4v) is 2.71. The Morgan fingerprint density at radius 1 is 1.14 bits per heavy atom. The number of pyridine rings is 1. The van der Waals surface area contributed by atoms with E-state index in [0.717, 1.165) is 0 Å². The molecule has 1 aromatic carbocycles. The number of halogens is 3. The fourth-order valence-electron chi connectivity index (χ4n) is 2.71. The third-order valence-electron chi connectivity index (χ3n) is 4.25. The number of carbonyl (C=O) groups excluding carboxylic acids is 1. The van der Waals surface area contributed by atoms with Crippen LogP contribution in [0.5, 0.6) is 5.75 Å². The van der Waals surface area contributed by atoms with Gasteiger partial charge >= 0.3 is 6.18 Å². The Labute approximate surface area is 168 Å². The molecule has 0 saturated heterocycles. The van der Waals surface area contributed by atoms with E-state index in [-0.39, 0.29) is 11.3 Å². The minimum Gasteiger partial charge on any atom is -0.483 e. The average molecular weight is 410 g/mol. The van der Waals surface area contributed by atoms with Crippen LogP contribution in [0.25, 0.3) is 0 Å². The zero-order chi connectivity index (χ0) is 21.7. The quantitative estimate of drug-likeness (QED) is 0.716. The number of para-hydroxylation sites is 1. The van der Waals surface area contributed by atoms with Gasteiger partial charge in [0, 0.05) is 25.2 Å². The summed E-state index contributed by atoms with van der Waals surface area (Å²) in [4.78, 5) is 18.8. The smallest absolute Gasteiger partial charge is 0.422 e. The number of benzene rings is 1. The van der Waals surface area contributed by atoms with Crippen LogP contribution in [0.3, 0.4) is 0 Å². The van der Waals surface area contributed by atoms with Crippen LogP contribution in [0.1, 0.15) is 42.5 Å². The first-order chi connectivity index (χ1) is 13.5. The molecule has 0 fully saturated rings. The van der Waals surface area contributed by atoms with E-state index < -0.39 is 24.3 Å². The Bertz CT molecular complexity index is 832. The summed E-state index contributed by atoms with van der Waals surface area (Å²) in [7, 11) is 0. The van der Waals surface area contributed by atoms with Crippen molar-refractivity contribution in [2.24, 2.45) is 0 Å². The number of likely N-dealkylation sites (N-methyl/N-ethyl adjacent to an activating group) is 1.